The number of rotatable bonds is 2. The second kappa shape index (κ2) is 3.75. The van der Waals surface area contributed by atoms with Gasteiger partial charge in [0.25, 0.3) is 9.05 Å². The van der Waals surface area contributed by atoms with Crippen LogP contribution < -0.4 is 0 Å². The van der Waals surface area contributed by atoms with Crippen LogP contribution in [0.2, 0.25) is 0 Å². The molecule has 92 valence electrons. The maximum atomic E-state index is 11.2. The normalized spacial score (nSPS) is 12.1. The van der Waals surface area contributed by atoms with Crippen LogP contribution in [0.25, 0.3) is 17.0 Å². The van der Waals surface area contributed by atoms with E-state index in [4.69, 9.17) is 10.7 Å². The molecule has 3 aromatic rings. The minimum atomic E-state index is -3.81. The molecule has 8 nitrogen and oxygen atoms in total. The fourth-order valence-corrected chi connectivity index (χ4v) is 2.11. The molecule has 0 aromatic carbocycles. The van der Waals surface area contributed by atoms with E-state index < -0.39 is 9.05 Å². The highest BCUT2D eigenvalue weighted by atomic mass is 35.7. The average molecular weight is 285 g/mol. The van der Waals surface area contributed by atoms with Gasteiger partial charge in [0.15, 0.2) is 11.5 Å². The molecule has 0 amide bonds. The van der Waals surface area contributed by atoms with Gasteiger partial charge in [0.2, 0.25) is 0 Å². The second-order valence-electron chi connectivity index (χ2n) is 3.36. The fraction of sp³-hybridized carbons (Fsp3) is 0. The van der Waals surface area contributed by atoms with E-state index in [9.17, 15) is 8.42 Å². The minimum Gasteiger partial charge on any atom is -0.340 e. The molecule has 3 rings (SSSR count). The van der Waals surface area contributed by atoms with E-state index in [0.717, 1.165) is 6.20 Å². The highest BCUT2D eigenvalue weighted by Crippen LogP contribution is 2.18. The number of imidazole rings is 1. The number of hydrogen-bond acceptors (Lipinski definition) is 6. The number of halogens is 1. The lowest BCUT2D eigenvalue weighted by atomic mass is 10.5. The first-order valence-corrected chi connectivity index (χ1v) is 7.00. The van der Waals surface area contributed by atoms with Crippen LogP contribution in [0.5, 0.6) is 0 Å². The van der Waals surface area contributed by atoms with Crippen LogP contribution in [0.4, 0.5) is 0 Å². The van der Waals surface area contributed by atoms with Gasteiger partial charge in [0, 0.05) is 10.7 Å². The monoisotopic (exact) mass is 284 g/mol. The lowest BCUT2D eigenvalue weighted by Crippen LogP contribution is -2.00. The van der Waals surface area contributed by atoms with Gasteiger partial charge in [-0.1, -0.05) is 0 Å². The Morgan fingerprint density at radius 3 is 2.83 bits per heavy atom. The van der Waals surface area contributed by atoms with Gasteiger partial charge < -0.3 is 4.98 Å². The zero-order valence-electron chi connectivity index (χ0n) is 8.65. The molecule has 0 spiro atoms. The second-order valence-corrected chi connectivity index (χ2v) is 5.92. The van der Waals surface area contributed by atoms with Crippen LogP contribution in [0.3, 0.4) is 0 Å². The topological polar surface area (TPSA) is 106 Å². The summed E-state index contributed by atoms with van der Waals surface area (Å²) < 4.78 is 23.6. The van der Waals surface area contributed by atoms with E-state index in [-0.39, 0.29) is 4.90 Å². The maximum absolute atomic E-state index is 11.2. The third-order valence-electron chi connectivity index (χ3n) is 2.26. The third kappa shape index (κ3) is 1.73. The zero-order chi connectivity index (χ0) is 12.8. The quantitative estimate of drug-likeness (QED) is 0.685. The number of nitrogens with one attached hydrogen (secondary N) is 1. The summed E-state index contributed by atoms with van der Waals surface area (Å²) in [7, 11) is 1.41. The predicted octanol–water partition coefficient (Wildman–Crippen LogP) is 0.466. The summed E-state index contributed by atoms with van der Waals surface area (Å²) >= 11 is 0. The molecule has 0 aliphatic carbocycles. The summed E-state index contributed by atoms with van der Waals surface area (Å²) in [5.74, 6) is 0.393. The Kier molecular flexibility index (Phi) is 2.31. The summed E-state index contributed by atoms with van der Waals surface area (Å²) in [6.45, 7) is 0. The molecule has 3 aromatic heterocycles. The van der Waals surface area contributed by atoms with Gasteiger partial charge in [-0.05, 0) is 0 Å². The van der Waals surface area contributed by atoms with Crippen LogP contribution in [0.1, 0.15) is 0 Å². The Balaban J connectivity index is 2.21. The smallest absolute Gasteiger partial charge is 0.264 e. The van der Waals surface area contributed by atoms with E-state index >= 15 is 0 Å². The standard InChI is InChI=1S/C8H5ClN6O2S/c9-18(16,17)5-1-14-15(2-5)8-6-7(11-3-10-6)12-4-13-8/h1-4H,(H,10,11,12,13). The maximum Gasteiger partial charge on any atom is 0.264 e. The van der Waals surface area contributed by atoms with Crippen molar-refractivity contribution in [2.45, 2.75) is 4.90 Å². The average Bonchev–Trinajstić information content (AvgIpc) is 2.96. The highest BCUT2D eigenvalue weighted by Gasteiger charge is 2.15. The highest BCUT2D eigenvalue weighted by molar-refractivity contribution is 8.13. The Morgan fingerprint density at radius 1 is 1.28 bits per heavy atom. The number of aromatic amines is 1. The fourth-order valence-electron chi connectivity index (χ4n) is 1.47. The number of hydrogen-bond donors (Lipinski definition) is 1. The molecule has 0 fully saturated rings. The summed E-state index contributed by atoms with van der Waals surface area (Å²) in [5.41, 5.74) is 1.02. The first-order chi connectivity index (χ1) is 8.55. The van der Waals surface area contributed by atoms with Crippen LogP contribution in [-0.4, -0.2) is 38.1 Å². The van der Waals surface area contributed by atoms with Gasteiger partial charge in [0.05, 0.1) is 18.7 Å². The predicted molar refractivity (Wildman–Crippen MR) is 61.8 cm³/mol. The van der Waals surface area contributed by atoms with E-state index in [2.05, 4.69) is 25.0 Å². The minimum absolute atomic E-state index is 0.101. The molecule has 0 unspecified atom stereocenters. The molecule has 0 saturated carbocycles. The van der Waals surface area contributed by atoms with Crippen LogP contribution in [0, 0.1) is 0 Å². The van der Waals surface area contributed by atoms with Crippen molar-refractivity contribution in [3.63, 3.8) is 0 Å². The molecule has 0 aliphatic heterocycles. The van der Waals surface area contributed by atoms with Crippen molar-refractivity contribution in [2.75, 3.05) is 0 Å². The molecule has 0 radical (unpaired) electrons. The van der Waals surface area contributed by atoms with Crippen molar-refractivity contribution in [3.8, 4) is 5.82 Å². The van der Waals surface area contributed by atoms with E-state index in [0.29, 0.717) is 17.0 Å². The van der Waals surface area contributed by atoms with E-state index in [1.165, 1.54) is 23.5 Å². The lowest BCUT2D eigenvalue weighted by molar-refractivity contribution is 0.609. The molecule has 0 saturated heterocycles. The number of aromatic nitrogens is 6. The molecule has 1 N–H and O–H groups in total. The number of H-pyrrole nitrogens is 1. The van der Waals surface area contributed by atoms with Gasteiger partial charge in [-0.25, -0.2) is 28.1 Å². The van der Waals surface area contributed by atoms with Gasteiger partial charge in [-0.15, -0.1) is 0 Å². The van der Waals surface area contributed by atoms with Gasteiger partial charge in [-0.2, -0.15) is 5.10 Å². The lowest BCUT2D eigenvalue weighted by Gasteiger charge is -1.99. The molecule has 0 aliphatic rings. The van der Waals surface area contributed by atoms with Crippen molar-refractivity contribution < 1.29 is 8.42 Å². The number of nitrogens with zero attached hydrogens (tertiary/aromatic N) is 5. The molecular weight excluding hydrogens is 280 g/mol. The molecule has 0 bridgehead atoms. The van der Waals surface area contributed by atoms with Crippen molar-refractivity contribution >= 4 is 30.9 Å². The molecule has 10 heteroatoms. The van der Waals surface area contributed by atoms with Crippen LogP contribution in [0.15, 0.2) is 29.9 Å². The molecule has 0 atom stereocenters. The van der Waals surface area contributed by atoms with Gasteiger partial charge in [0.1, 0.15) is 16.7 Å². The zero-order valence-corrected chi connectivity index (χ0v) is 10.2. The molecular formula is C8H5ClN6O2S. The van der Waals surface area contributed by atoms with Crippen LogP contribution in [-0.2, 0) is 9.05 Å². The molecule has 3 heterocycles. The largest absolute Gasteiger partial charge is 0.340 e. The Bertz CT molecular complexity index is 823. The number of fused-ring (bicyclic) bond motifs is 1. The van der Waals surface area contributed by atoms with E-state index in [1.807, 2.05) is 0 Å². The molecule has 18 heavy (non-hydrogen) atoms. The van der Waals surface area contributed by atoms with Gasteiger partial charge >= 0.3 is 0 Å². The summed E-state index contributed by atoms with van der Waals surface area (Å²) in [5, 5.41) is 3.90. The van der Waals surface area contributed by atoms with Crippen molar-refractivity contribution in [2.24, 2.45) is 0 Å². The first kappa shape index (κ1) is 11.1. The van der Waals surface area contributed by atoms with Crippen molar-refractivity contribution in [3.05, 3.63) is 25.0 Å². The van der Waals surface area contributed by atoms with Gasteiger partial charge in [-0.3, -0.25) is 0 Å². The Hall–Kier alpha value is -2.00. The SMILES string of the molecule is O=S(=O)(Cl)c1cnn(-c2ncnc3nc[nH]c23)c1. The van der Waals surface area contributed by atoms with E-state index in [1.54, 1.807) is 0 Å². The van der Waals surface area contributed by atoms with Crippen molar-refractivity contribution in [1.29, 1.82) is 0 Å². The third-order valence-corrected chi connectivity index (χ3v) is 3.57. The summed E-state index contributed by atoms with van der Waals surface area (Å²) in [6.07, 6.45) is 5.19. The summed E-state index contributed by atoms with van der Waals surface area (Å²) in [6, 6.07) is 0. The van der Waals surface area contributed by atoms with Crippen LogP contribution >= 0.6 is 10.7 Å². The Morgan fingerprint density at radius 2 is 2.11 bits per heavy atom. The van der Waals surface area contributed by atoms with Crippen molar-refractivity contribution in [1.82, 2.24) is 29.7 Å². The summed E-state index contributed by atoms with van der Waals surface area (Å²) in [4.78, 5) is 14.7. The Labute approximate surface area is 105 Å². The first-order valence-electron chi connectivity index (χ1n) is 4.69.